The molecule has 82 valence electrons. The van der Waals surface area contributed by atoms with Crippen molar-refractivity contribution in [3.8, 4) is 0 Å². The number of benzene rings is 1. The predicted molar refractivity (Wildman–Crippen MR) is 56.1 cm³/mol. The van der Waals surface area contributed by atoms with Crippen molar-refractivity contribution in [2.75, 3.05) is 11.1 Å². The molecule has 0 unspecified atom stereocenters. The van der Waals surface area contributed by atoms with E-state index in [0.717, 1.165) is 12.1 Å². The second-order valence-electron chi connectivity index (χ2n) is 3.03. The molecule has 16 heavy (non-hydrogen) atoms. The Morgan fingerprint density at radius 3 is 2.44 bits per heavy atom. The first-order valence-corrected chi connectivity index (χ1v) is 4.46. The maximum Gasteiger partial charge on any atom is 0.229 e. The summed E-state index contributed by atoms with van der Waals surface area (Å²) in [5, 5.41) is 2.43. The van der Waals surface area contributed by atoms with Gasteiger partial charge in [0.1, 0.15) is 23.1 Å². The van der Waals surface area contributed by atoms with E-state index >= 15 is 0 Å². The molecule has 4 nitrogen and oxygen atoms in total. The molecular formula is C10H8F2N4. The van der Waals surface area contributed by atoms with E-state index in [9.17, 15) is 8.78 Å². The van der Waals surface area contributed by atoms with Crippen molar-refractivity contribution in [3.05, 3.63) is 42.1 Å². The Kier molecular flexibility index (Phi) is 2.63. The first kappa shape index (κ1) is 10.3. The molecule has 2 rings (SSSR count). The summed E-state index contributed by atoms with van der Waals surface area (Å²) in [6.07, 6.45) is 1.39. The van der Waals surface area contributed by atoms with Gasteiger partial charge in [0.2, 0.25) is 5.95 Å². The highest BCUT2D eigenvalue weighted by Gasteiger charge is 2.09. The van der Waals surface area contributed by atoms with Crippen LogP contribution < -0.4 is 11.1 Å². The second-order valence-corrected chi connectivity index (χ2v) is 3.03. The van der Waals surface area contributed by atoms with Crippen LogP contribution in [0.15, 0.2) is 30.5 Å². The topological polar surface area (TPSA) is 63.8 Å². The van der Waals surface area contributed by atoms with Gasteiger partial charge in [0.15, 0.2) is 0 Å². The van der Waals surface area contributed by atoms with E-state index in [2.05, 4.69) is 15.3 Å². The molecule has 0 fully saturated rings. The fourth-order valence-electron chi connectivity index (χ4n) is 1.16. The normalized spacial score (nSPS) is 10.1. The van der Waals surface area contributed by atoms with E-state index in [1.807, 2.05) is 0 Å². The fraction of sp³-hybridized carbons (Fsp3) is 0. The zero-order valence-corrected chi connectivity index (χ0v) is 8.11. The van der Waals surface area contributed by atoms with E-state index in [1.165, 1.54) is 18.3 Å². The molecule has 6 heteroatoms. The number of nitrogens with zero attached hydrogens (tertiary/aromatic N) is 2. The molecule has 1 aromatic heterocycles. The molecule has 0 bridgehead atoms. The molecule has 0 aliphatic heterocycles. The molecule has 0 amide bonds. The standard InChI is InChI=1S/C10H8F2N4/c11-6-2-1-3-7(12)9(6)16-10-14-5-4-8(13)15-10/h1-5H,(H3,13,14,15,16). The Morgan fingerprint density at radius 2 is 1.81 bits per heavy atom. The van der Waals surface area contributed by atoms with Gasteiger partial charge in [-0.05, 0) is 18.2 Å². The van der Waals surface area contributed by atoms with E-state index < -0.39 is 11.6 Å². The summed E-state index contributed by atoms with van der Waals surface area (Å²) in [6, 6.07) is 5.02. The summed E-state index contributed by atoms with van der Waals surface area (Å²) >= 11 is 0. The maximum absolute atomic E-state index is 13.2. The Morgan fingerprint density at radius 1 is 1.12 bits per heavy atom. The summed E-state index contributed by atoms with van der Waals surface area (Å²) < 4.78 is 26.5. The largest absolute Gasteiger partial charge is 0.384 e. The third-order valence-corrected chi connectivity index (χ3v) is 1.88. The van der Waals surface area contributed by atoms with Gasteiger partial charge in [-0.1, -0.05) is 6.07 Å². The predicted octanol–water partition coefficient (Wildman–Crippen LogP) is 2.08. The van der Waals surface area contributed by atoms with Gasteiger partial charge < -0.3 is 11.1 Å². The average Bonchev–Trinajstić information content (AvgIpc) is 2.24. The molecule has 0 atom stereocenters. The number of nitrogens with two attached hydrogens (primary N) is 1. The van der Waals surface area contributed by atoms with Crippen LogP contribution >= 0.6 is 0 Å². The second kappa shape index (κ2) is 4.09. The summed E-state index contributed by atoms with van der Waals surface area (Å²) in [4.78, 5) is 7.55. The van der Waals surface area contributed by atoms with Crippen molar-refractivity contribution in [2.24, 2.45) is 0 Å². The maximum atomic E-state index is 13.2. The summed E-state index contributed by atoms with van der Waals surface area (Å²) in [5.41, 5.74) is 5.11. The number of hydrogen-bond acceptors (Lipinski definition) is 4. The van der Waals surface area contributed by atoms with Crippen LogP contribution in [-0.4, -0.2) is 9.97 Å². The zero-order valence-electron chi connectivity index (χ0n) is 8.11. The molecule has 1 aromatic carbocycles. The first-order chi connectivity index (χ1) is 7.66. The summed E-state index contributed by atoms with van der Waals surface area (Å²) in [5.74, 6) is -1.17. The Labute approximate surface area is 90.1 Å². The Bertz CT molecular complexity index is 496. The first-order valence-electron chi connectivity index (χ1n) is 4.46. The van der Waals surface area contributed by atoms with Crippen molar-refractivity contribution >= 4 is 17.5 Å². The molecule has 0 saturated carbocycles. The monoisotopic (exact) mass is 222 g/mol. The third kappa shape index (κ3) is 2.05. The number of nitrogen functional groups attached to an aromatic ring is 1. The fourth-order valence-corrected chi connectivity index (χ4v) is 1.16. The summed E-state index contributed by atoms with van der Waals surface area (Å²) in [6.45, 7) is 0. The van der Waals surface area contributed by atoms with Crippen LogP contribution in [0, 0.1) is 11.6 Å². The van der Waals surface area contributed by atoms with Crippen LogP contribution in [0.1, 0.15) is 0 Å². The van der Waals surface area contributed by atoms with E-state index in [4.69, 9.17) is 5.73 Å². The number of rotatable bonds is 2. The minimum absolute atomic E-state index is 0.0454. The van der Waals surface area contributed by atoms with Crippen LogP contribution in [0.5, 0.6) is 0 Å². The van der Waals surface area contributed by atoms with Crippen LogP contribution in [0.4, 0.5) is 26.2 Å². The SMILES string of the molecule is Nc1ccnc(Nc2c(F)cccc2F)n1. The molecule has 0 spiro atoms. The van der Waals surface area contributed by atoms with Crippen molar-refractivity contribution < 1.29 is 8.78 Å². The van der Waals surface area contributed by atoms with Gasteiger partial charge in [0.05, 0.1) is 0 Å². The zero-order chi connectivity index (χ0) is 11.5. The van der Waals surface area contributed by atoms with Crippen LogP contribution in [0.2, 0.25) is 0 Å². The Hall–Kier alpha value is -2.24. The molecule has 2 aromatic rings. The minimum atomic E-state index is -0.717. The minimum Gasteiger partial charge on any atom is -0.384 e. The van der Waals surface area contributed by atoms with Crippen molar-refractivity contribution in [2.45, 2.75) is 0 Å². The van der Waals surface area contributed by atoms with Crippen LogP contribution in [0.25, 0.3) is 0 Å². The van der Waals surface area contributed by atoms with E-state index in [-0.39, 0.29) is 17.5 Å². The molecule has 0 aliphatic carbocycles. The highest BCUT2D eigenvalue weighted by atomic mass is 19.1. The molecule has 1 heterocycles. The number of halogens is 2. The van der Waals surface area contributed by atoms with Gasteiger partial charge in [-0.3, -0.25) is 0 Å². The highest BCUT2D eigenvalue weighted by Crippen LogP contribution is 2.21. The number of aromatic nitrogens is 2. The van der Waals surface area contributed by atoms with Gasteiger partial charge in [0.25, 0.3) is 0 Å². The quantitative estimate of drug-likeness (QED) is 0.816. The van der Waals surface area contributed by atoms with Crippen molar-refractivity contribution in [1.82, 2.24) is 9.97 Å². The lowest BCUT2D eigenvalue weighted by atomic mass is 10.3. The highest BCUT2D eigenvalue weighted by molar-refractivity contribution is 5.55. The lowest BCUT2D eigenvalue weighted by Crippen LogP contribution is -2.02. The number of nitrogens with one attached hydrogen (secondary N) is 1. The van der Waals surface area contributed by atoms with Gasteiger partial charge in [-0.25, -0.2) is 13.8 Å². The lowest BCUT2D eigenvalue weighted by molar-refractivity contribution is 0.590. The number of hydrogen-bond donors (Lipinski definition) is 2. The lowest BCUT2D eigenvalue weighted by Gasteiger charge is -2.06. The van der Waals surface area contributed by atoms with E-state index in [1.54, 1.807) is 0 Å². The molecular weight excluding hydrogens is 214 g/mol. The summed E-state index contributed by atoms with van der Waals surface area (Å²) in [7, 11) is 0. The Balaban J connectivity index is 2.34. The van der Waals surface area contributed by atoms with Crippen molar-refractivity contribution in [3.63, 3.8) is 0 Å². The van der Waals surface area contributed by atoms with Gasteiger partial charge in [-0.15, -0.1) is 0 Å². The van der Waals surface area contributed by atoms with E-state index in [0.29, 0.717) is 0 Å². The number of anilines is 3. The smallest absolute Gasteiger partial charge is 0.229 e. The van der Waals surface area contributed by atoms with Gasteiger partial charge >= 0.3 is 0 Å². The van der Waals surface area contributed by atoms with Crippen molar-refractivity contribution in [1.29, 1.82) is 0 Å². The molecule has 0 aliphatic rings. The van der Waals surface area contributed by atoms with Gasteiger partial charge in [0, 0.05) is 6.20 Å². The average molecular weight is 222 g/mol. The van der Waals surface area contributed by atoms with Gasteiger partial charge in [-0.2, -0.15) is 4.98 Å². The molecule has 3 N–H and O–H groups in total. The molecule has 0 radical (unpaired) electrons. The third-order valence-electron chi connectivity index (χ3n) is 1.88. The van der Waals surface area contributed by atoms with Crippen LogP contribution in [0.3, 0.4) is 0 Å². The number of para-hydroxylation sites is 1. The van der Waals surface area contributed by atoms with Crippen LogP contribution in [-0.2, 0) is 0 Å². The molecule has 0 saturated heterocycles.